The quantitative estimate of drug-likeness (QED) is 0.837. The number of anilines is 2. The van der Waals surface area contributed by atoms with E-state index in [4.69, 9.17) is 5.73 Å². The first-order chi connectivity index (χ1) is 8.08. The van der Waals surface area contributed by atoms with Gasteiger partial charge in [-0.15, -0.1) is 0 Å². The number of hydrogen-bond donors (Lipinski definition) is 2. The molecule has 0 atom stereocenters. The Bertz CT molecular complexity index is 397. The number of aromatic nitrogens is 1. The van der Waals surface area contributed by atoms with Crippen molar-refractivity contribution in [1.82, 2.24) is 10.3 Å². The van der Waals surface area contributed by atoms with Crippen molar-refractivity contribution < 1.29 is 4.79 Å². The van der Waals surface area contributed by atoms with E-state index in [0.29, 0.717) is 11.5 Å². The molecule has 5 nitrogen and oxygen atoms in total. The largest absolute Gasteiger partial charge is 0.397 e. The number of carbonyl (C=O) groups excluding carboxylic acids is 1. The van der Waals surface area contributed by atoms with E-state index in [1.807, 2.05) is 13.8 Å². The van der Waals surface area contributed by atoms with Gasteiger partial charge in [0.25, 0.3) is 0 Å². The summed E-state index contributed by atoms with van der Waals surface area (Å²) >= 11 is 0. The molecular formula is C12H18N4O. The maximum absolute atomic E-state index is 12.1. The molecule has 5 heteroatoms. The van der Waals surface area contributed by atoms with Crippen LogP contribution in [0.15, 0.2) is 18.3 Å². The maximum Gasteiger partial charge on any atom is 0.323 e. The van der Waals surface area contributed by atoms with E-state index in [2.05, 4.69) is 10.3 Å². The van der Waals surface area contributed by atoms with Gasteiger partial charge in [-0.25, -0.2) is 9.78 Å². The second-order valence-corrected chi connectivity index (χ2v) is 4.66. The number of nitrogen functional groups attached to an aromatic ring is 1. The van der Waals surface area contributed by atoms with Gasteiger partial charge in [0.05, 0.1) is 11.9 Å². The Labute approximate surface area is 101 Å². The SMILES string of the molecule is CC(C)NC(=O)N(c1ccc(N)cn1)C1CC1. The minimum absolute atomic E-state index is 0.0835. The Morgan fingerprint density at radius 1 is 1.53 bits per heavy atom. The molecule has 1 aliphatic carbocycles. The normalized spacial score (nSPS) is 14.8. The van der Waals surface area contributed by atoms with Crippen molar-refractivity contribution in [3.8, 4) is 0 Å². The molecule has 1 aromatic heterocycles. The Balaban J connectivity index is 2.17. The zero-order valence-electron chi connectivity index (χ0n) is 10.2. The lowest BCUT2D eigenvalue weighted by atomic mass is 10.3. The third-order valence-electron chi connectivity index (χ3n) is 2.56. The van der Waals surface area contributed by atoms with Crippen molar-refractivity contribution in [3.05, 3.63) is 18.3 Å². The summed E-state index contributed by atoms with van der Waals surface area (Å²) < 4.78 is 0. The number of nitrogens with zero attached hydrogens (tertiary/aromatic N) is 2. The van der Waals surface area contributed by atoms with Gasteiger partial charge in [-0.3, -0.25) is 4.90 Å². The number of urea groups is 1. The molecule has 3 N–H and O–H groups in total. The van der Waals surface area contributed by atoms with Crippen molar-refractivity contribution in [2.24, 2.45) is 0 Å². The van der Waals surface area contributed by atoms with Crippen LogP contribution in [0.5, 0.6) is 0 Å². The maximum atomic E-state index is 12.1. The number of amides is 2. The van der Waals surface area contributed by atoms with Crippen LogP contribution >= 0.6 is 0 Å². The van der Waals surface area contributed by atoms with Crippen LogP contribution in [0.4, 0.5) is 16.3 Å². The highest BCUT2D eigenvalue weighted by Crippen LogP contribution is 2.30. The van der Waals surface area contributed by atoms with Crippen LogP contribution in [0.2, 0.25) is 0 Å². The molecule has 1 aliphatic rings. The molecule has 0 radical (unpaired) electrons. The van der Waals surface area contributed by atoms with Crippen LogP contribution < -0.4 is 16.0 Å². The molecule has 0 aromatic carbocycles. The van der Waals surface area contributed by atoms with Crippen LogP contribution in [0.1, 0.15) is 26.7 Å². The van der Waals surface area contributed by atoms with Crippen molar-refractivity contribution in [3.63, 3.8) is 0 Å². The van der Waals surface area contributed by atoms with Crippen molar-refractivity contribution >= 4 is 17.5 Å². The Hall–Kier alpha value is -1.78. The number of rotatable bonds is 3. The predicted molar refractivity (Wildman–Crippen MR) is 67.8 cm³/mol. The van der Waals surface area contributed by atoms with Gasteiger partial charge in [-0.1, -0.05) is 0 Å². The molecule has 2 rings (SSSR count). The fourth-order valence-corrected chi connectivity index (χ4v) is 1.65. The molecule has 1 heterocycles. The third-order valence-corrected chi connectivity index (χ3v) is 2.56. The summed E-state index contributed by atoms with van der Waals surface area (Å²) in [5, 5.41) is 2.89. The molecule has 1 fully saturated rings. The Kier molecular flexibility index (Phi) is 3.17. The van der Waals surface area contributed by atoms with Crippen molar-refractivity contribution in [1.29, 1.82) is 0 Å². The monoisotopic (exact) mass is 234 g/mol. The van der Waals surface area contributed by atoms with Crippen LogP contribution in [-0.2, 0) is 0 Å². The predicted octanol–water partition coefficient (Wildman–Crippen LogP) is 1.75. The summed E-state index contributed by atoms with van der Waals surface area (Å²) in [4.78, 5) is 18.0. The number of nitrogens with one attached hydrogen (secondary N) is 1. The smallest absolute Gasteiger partial charge is 0.323 e. The molecule has 1 saturated carbocycles. The summed E-state index contributed by atoms with van der Waals surface area (Å²) in [6.45, 7) is 3.89. The third kappa shape index (κ3) is 2.87. The van der Waals surface area contributed by atoms with Crippen LogP contribution in [-0.4, -0.2) is 23.1 Å². The summed E-state index contributed by atoms with van der Waals surface area (Å²) in [7, 11) is 0. The van der Waals surface area contributed by atoms with E-state index >= 15 is 0 Å². The van der Waals surface area contributed by atoms with E-state index in [0.717, 1.165) is 12.8 Å². The van der Waals surface area contributed by atoms with E-state index in [-0.39, 0.29) is 18.1 Å². The highest BCUT2D eigenvalue weighted by molar-refractivity contribution is 5.92. The molecule has 17 heavy (non-hydrogen) atoms. The van der Waals surface area contributed by atoms with Crippen LogP contribution in [0.25, 0.3) is 0 Å². The lowest BCUT2D eigenvalue weighted by Gasteiger charge is -2.23. The van der Waals surface area contributed by atoms with E-state index < -0.39 is 0 Å². The lowest BCUT2D eigenvalue weighted by Crippen LogP contribution is -2.44. The zero-order chi connectivity index (χ0) is 12.4. The highest BCUT2D eigenvalue weighted by atomic mass is 16.2. The molecule has 0 spiro atoms. The van der Waals surface area contributed by atoms with Gasteiger partial charge in [0.1, 0.15) is 5.82 Å². The average molecular weight is 234 g/mol. The molecule has 92 valence electrons. The fourth-order valence-electron chi connectivity index (χ4n) is 1.65. The summed E-state index contributed by atoms with van der Waals surface area (Å²) in [5.41, 5.74) is 6.20. The van der Waals surface area contributed by atoms with Gasteiger partial charge in [-0.2, -0.15) is 0 Å². The number of nitrogens with two attached hydrogens (primary N) is 1. The number of hydrogen-bond acceptors (Lipinski definition) is 3. The number of pyridine rings is 1. The van der Waals surface area contributed by atoms with Gasteiger partial charge in [-0.05, 0) is 38.8 Å². The van der Waals surface area contributed by atoms with Crippen LogP contribution in [0.3, 0.4) is 0 Å². The van der Waals surface area contributed by atoms with E-state index in [1.54, 1.807) is 23.2 Å². The fraction of sp³-hybridized carbons (Fsp3) is 0.500. The summed E-state index contributed by atoms with van der Waals surface area (Å²) in [6.07, 6.45) is 3.66. The van der Waals surface area contributed by atoms with Gasteiger partial charge in [0, 0.05) is 12.1 Å². The molecule has 0 saturated heterocycles. The first-order valence-corrected chi connectivity index (χ1v) is 5.89. The Morgan fingerprint density at radius 2 is 2.24 bits per heavy atom. The van der Waals surface area contributed by atoms with Gasteiger partial charge >= 0.3 is 6.03 Å². The molecular weight excluding hydrogens is 216 g/mol. The average Bonchev–Trinajstić information content (AvgIpc) is 3.04. The first-order valence-electron chi connectivity index (χ1n) is 5.89. The second-order valence-electron chi connectivity index (χ2n) is 4.66. The highest BCUT2D eigenvalue weighted by Gasteiger charge is 2.34. The van der Waals surface area contributed by atoms with Gasteiger partial charge < -0.3 is 11.1 Å². The zero-order valence-corrected chi connectivity index (χ0v) is 10.2. The number of carbonyl (C=O) groups is 1. The summed E-state index contributed by atoms with van der Waals surface area (Å²) in [5.74, 6) is 0.667. The molecule has 0 unspecified atom stereocenters. The van der Waals surface area contributed by atoms with Crippen molar-refractivity contribution in [2.45, 2.75) is 38.8 Å². The minimum Gasteiger partial charge on any atom is -0.397 e. The molecule has 2 amide bonds. The lowest BCUT2D eigenvalue weighted by molar-refractivity contribution is 0.243. The van der Waals surface area contributed by atoms with Crippen molar-refractivity contribution in [2.75, 3.05) is 10.6 Å². The Morgan fingerprint density at radius 3 is 2.71 bits per heavy atom. The minimum atomic E-state index is -0.0835. The summed E-state index contributed by atoms with van der Waals surface area (Å²) in [6, 6.07) is 3.87. The van der Waals surface area contributed by atoms with Gasteiger partial charge in [0.15, 0.2) is 0 Å². The van der Waals surface area contributed by atoms with E-state index in [1.165, 1.54) is 0 Å². The molecule has 1 aromatic rings. The van der Waals surface area contributed by atoms with Crippen LogP contribution in [0, 0.1) is 0 Å². The molecule has 0 bridgehead atoms. The first kappa shape index (κ1) is 11.7. The molecule has 0 aliphatic heterocycles. The van der Waals surface area contributed by atoms with Gasteiger partial charge in [0.2, 0.25) is 0 Å². The van der Waals surface area contributed by atoms with E-state index in [9.17, 15) is 4.79 Å². The topological polar surface area (TPSA) is 71.2 Å². The standard InChI is InChI=1S/C12H18N4O/c1-8(2)15-12(17)16(10-4-5-10)11-6-3-9(13)7-14-11/h3,6-8,10H,4-5,13H2,1-2H3,(H,15,17). The second kappa shape index (κ2) is 4.61.